The number of nitrogens with one attached hydrogen (secondary N) is 1. The fraction of sp³-hybridized carbons (Fsp3) is 0.909. The van der Waals surface area contributed by atoms with Crippen LogP contribution in [0.15, 0.2) is 0 Å². The van der Waals surface area contributed by atoms with E-state index in [0.717, 1.165) is 25.1 Å². The Morgan fingerprint density at radius 2 is 2.27 bits per heavy atom. The molecule has 4 heteroatoms. The zero-order valence-electron chi connectivity index (χ0n) is 9.92. The van der Waals surface area contributed by atoms with Crippen LogP contribution in [0.2, 0.25) is 0 Å². The molecule has 2 N–H and O–H groups in total. The van der Waals surface area contributed by atoms with Gasteiger partial charge in [-0.1, -0.05) is 13.8 Å². The summed E-state index contributed by atoms with van der Waals surface area (Å²) < 4.78 is 0. The van der Waals surface area contributed by atoms with Crippen LogP contribution in [0.1, 0.15) is 33.6 Å². The summed E-state index contributed by atoms with van der Waals surface area (Å²) in [5.74, 6) is 0.957. The van der Waals surface area contributed by atoms with Gasteiger partial charge in [-0.2, -0.15) is 17.0 Å². The van der Waals surface area contributed by atoms with Gasteiger partial charge in [-0.05, 0) is 32.1 Å². The lowest BCUT2D eigenvalue weighted by Crippen LogP contribution is -2.41. The molecule has 0 aliphatic heterocycles. The maximum absolute atomic E-state index is 9.02. The predicted octanol–water partition coefficient (Wildman–Crippen LogP) is 1.77. The van der Waals surface area contributed by atoms with Crippen LogP contribution in [0.4, 0.5) is 0 Å². The molecule has 0 amide bonds. The highest BCUT2D eigenvalue weighted by Crippen LogP contribution is 2.19. The first-order valence-corrected chi connectivity index (χ1v) is 6.51. The molecule has 0 spiro atoms. The highest BCUT2D eigenvalue weighted by atomic mass is 32.2. The van der Waals surface area contributed by atoms with Crippen molar-refractivity contribution in [1.82, 2.24) is 5.32 Å². The zero-order valence-corrected chi connectivity index (χ0v) is 10.7. The first-order valence-electron chi connectivity index (χ1n) is 5.46. The van der Waals surface area contributed by atoms with Crippen molar-refractivity contribution in [2.75, 3.05) is 18.9 Å². The molecular weight excluding hydrogens is 208 g/mol. The Bertz CT molecular complexity index is 205. The second kappa shape index (κ2) is 7.98. The van der Waals surface area contributed by atoms with Crippen molar-refractivity contribution < 1.29 is 5.11 Å². The lowest BCUT2D eigenvalue weighted by atomic mass is 10.0. The first kappa shape index (κ1) is 14.8. The van der Waals surface area contributed by atoms with Crippen LogP contribution in [0.25, 0.3) is 0 Å². The molecule has 0 aromatic heterocycles. The van der Waals surface area contributed by atoms with Gasteiger partial charge in [0.25, 0.3) is 0 Å². The molecule has 0 rings (SSSR count). The summed E-state index contributed by atoms with van der Waals surface area (Å²) in [5, 5.41) is 21.4. The molecule has 0 aromatic carbocycles. The van der Waals surface area contributed by atoms with E-state index < -0.39 is 5.54 Å². The molecule has 0 aliphatic rings. The second-order valence-corrected chi connectivity index (χ2v) is 5.46. The predicted molar refractivity (Wildman–Crippen MR) is 65.9 cm³/mol. The molecule has 0 fully saturated rings. The normalized spacial score (nSPS) is 16.7. The Balaban J connectivity index is 3.77. The summed E-state index contributed by atoms with van der Waals surface area (Å²) in [6, 6.07) is 2.31. The third kappa shape index (κ3) is 6.77. The molecule has 0 radical (unpaired) electrons. The van der Waals surface area contributed by atoms with Crippen LogP contribution in [0.5, 0.6) is 0 Å². The van der Waals surface area contributed by atoms with Gasteiger partial charge in [0, 0.05) is 11.9 Å². The molecule has 2 atom stereocenters. The number of aliphatic hydroxyl groups excluding tert-OH is 1. The summed E-state index contributed by atoms with van der Waals surface area (Å²) in [7, 11) is 0. The second-order valence-electron chi connectivity index (χ2n) is 3.92. The molecule has 0 heterocycles. The lowest BCUT2D eigenvalue weighted by molar-refractivity contribution is 0.289. The van der Waals surface area contributed by atoms with Crippen LogP contribution < -0.4 is 5.32 Å². The smallest absolute Gasteiger partial charge is 0.104 e. The molecule has 15 heavy (non-hydrogen) atoms. The fourth-order valence-corrected chi connectivity index (χ4v) is 2.50. The van der Waals surface area contributed by atoms with Gasteiger partial charge < -0.3 is 5.11 Å². The number of hydrogen-bond donors (Lipinski definition) is 2. The number of thioether (sulfide) groups is 1. The van der Waals surface area contributed by atoms with Gasteiger partial charge in [0.15, 0.2) is 0 Å². The summed E-state index contributed by atoms with van der Waals surface area (Å²) in [5.41, 5.74) is -0.402. The van der Waals surface area contributed by atoms with Gasteiger partial charge in [-0.3, -0.25) is 5.32 Å². The first-order chi connectivity index (χ1) is 7.08. The van der Waals surface area contributed by atoms with Gasteiger partial charge in [-0.25, -0.2) is 0 Å². The van der Waals surface area contributed by atoms with E-state index in [0.29, 0.717) is 5.25 Å². The van der Waals surface area contributed by atoms with Crippen LogP contribution in [-0.2, 0) is 0 Å². The van der Waals surface area contributed by atoms with Gasteiger partial charge in [0.05, 0.1) is 6.07 Å². The standard InChI is InChI=1S/C11H22N2OS/c1-4-13-11(3,9-12)6-8-15-10(2)5-7-14/h10,13-14H,4-8H2,1-3H3. The fourth-order valence-electron chi connectivity index (χ4n) is 1.30. The Kier molecular flexibility index (Phi) is 7.85. The average molecular weight is 230 g/mol. The minimum Gasteiger partial charge on any atom is -0.396 e. The quantitative estimate of drug-likeness (QED) is 0.667. The Morgan fingerprint density at radius 3 is 2.73 bits per heavy atom. The van der Waals surface area contributed by atoms with E-state index >= 15 is 0 Å². The van der Waals surface area contributed by atoms with Crippen molar-refractivity contribution in [2.45, 2.75) is 44.4 Å². The molecule has 0 saturated heterocycles. The van der Waals surface area contributed by atoms with E-state index in [-0.39, 0.29) is 6.61 Å². The van der Waals surface area contributed by atoms with Gasteiger partial charge in [-0.15, -0.1) is 0 Å². The van der Waals surface area contributed by atoms with Crippen LogP contribution in [0.3, 0.4) is 0 Å². The molecular formula is C11H22N2OS. The monoisotopic (exact) mass is 230 g/mol. The maximum Gasteiger partial charge on any atom is 0.104 e. The van der Waals surface area contributed by atoms with E-state index in [1.165, 1.54) is 0 Å². The van der Waals surface area contributed by atoms with E-state index in [9.17, 15) is 0 Å². The molecule has 0 saturated carbocycles. The van der Waals surface area contributed by atoms with Crippen LogP contribution in [0, 0.1) is 11.3 Å². The number of nitriles is 1. The molecule has 2 unspecified atom stereocenters. The van der Waals surface area contributed by atoms with Gasteiger partial charge >= 0.3 is 0 Å². The Hall–Kier alpha value is -0.240. The molecule has 0 bridgehead atoms. The van der Waals surface area contributed by atoms with Crippen molar-refractivity contribution >= 4 is 11.8 Å². The topological polar surface area (TPSA) is 56.0 Å². The third-order valence-electron chi connectivity index (χ3n) is 2.35. The molecule has 3 nitrogen and oxygen atoms in total. The number of rotatable bonds is 8. The molecule has 0 aliphatic carbocycles. The maximum atomic E-state index is 9.02. The number of aliphatic hydroxyl groups is 1. The third-order valence-corrected chi connectivity index (χ3v) is 3.60. The highest BCUT2D eigenvalue weighted by Gasteiger charge is 2.21. The Labute approximate surface area is 97.2 Å². The largest absolute Gasteiger partial charge is 0.396 e. The number of hydrogen-bond acceptors (Lipinski definition) is 4. The number of nitrogens with zero attached hydrogens (tertiary/aromatic N) is 1. The Morgan fingerprint density at radius 1 is 1.60 bits per heavy atom. The zero-order chi connectivity index (χ0) is 11.7. The van der Waals surface area contributed by atoms with E-state index in [1.54, 1.807) is 0 Å². The lowest BCUT2D eigenvalue weighted by Gasteiger charge is -2.22. The highest BCUT2D eigenvalue weighted by molar-refractivity contribution is 7.99. The van der Waals surface area contributed by atoms with Crippen molar-refractivity contribution in [3.8, 4) is 6.07 Å². The van der Waals surface area contributed by atoms with Crippen molar-refractivity contribution in [3.63, 3.8) is 0 Å². The average Bonchev–Trinajstić information content (AvgIpc) is 2.18. The van der Waals surface area contributed by atoms with Crippen LogP contribution in [-0.4, -0.2) is 34.8 Å². The summed E-state index contributed by atoms with van der Waals surface area (Å²) in [4.78, 5) is 0. The van der Waals surface area contributed by atoms with Crippen molar-refractivity contribution in [1.29, 1.82) is 5.26 Å². The van der Waals surface area contributed by atoms with Crippen LogP contribution >= 0.6 is 11.8 Å². The van der Waals surface area contributed by atoms with Crippen molar-refractivity contribution in [2.24, 2.45) is 0 Å². The summed E-state index contributed by atoms with van der Waals surface area (Å²) in [6.45, 7) is 7.13. The SMILES string of the molecule is CCNC(C)(C#N)CCSC(C)CCO. The molecule has 88 valence electrons. The van der Waals surface area contributed by atoms with Crippen molar-refractivity contribution in [3.05, 3.63) is 0 Å². The summed E-state index contributed by atoms with van der Waals surface area (Å²) >= 11 is 1.82. The van der Waals surface area contributed by atoms with E-state index in [4.69, 9.17) is 10.4 Å². The van der Waals surface area contributed by atoms with Gasteiger partial charge in [0.1, 0.15) is 5.54 Å². The summed E-state index contributed by atoms with van der Waals surface area (Å²) in [6.07, 6.45) is 1.67. The minimum atomic E-state index is -0.402. The van der Waals surface area contributed by atoms with Gasteiger partial charge in [0.2, 0.25) is 0 Å². The van der Waals surface area contributed by atoms with E-state index in [1.807, 2.05) is 25.6 Å². The minimum absolute atomic E-state index is 0.247. The van der Waals surface area contributed by atoms with E-state index in [2.05, 4.69) is 18.3 Å². The molecule has 0 aromatic rings.